The fourth-order valence-electron chi connectivity index (χ4n) is 3.75. The molecule has 8 heteroatoms. The number of carbonyl (C=O) groups is 1. The number of hydrogen-bond acceptors (Lipinski definition) is 5. The molecule has 3 aromatic rings. The smallest absolute Gasteiger partial charge is 0.264 e. The Labute approximate surface area is 194 Å². The first-order valence-corrected chi connectivity index (χ1v) is 12.1. The second-order valence-corrected chi connectivity index (χ2v) is 9.71. The third-order valence-corrected chi connectivity index (χ3v) is 7.31. The quantitative estimate of drug-likeness (QED) is 0.565. The summed E-state index contributed by atoms with van der Waals surface area (Å²) in [5, 5.41) is 2.82. The van der Waals surface area contributed by atoms with Gasteiger partial charge in [0.25, 0.3) is 15.9 Å². The summed E-state index contributed by atoms with van der Waals surface area (Å²) in [5.41, 5.74) is 3.14. The van der Waals surface area contributed by atoms with Crippen molar-refractivity contribution < 1.29 is 22.7 Å². The Hall–Kier alpha value is -3.52. The number of amides is 1. The van der Waals surface area contributed by atoms with Crippen LogP contribution in [0.2, 0.25) is 0 Å². The maximum atomic E-state index is 13.2. The summed E-state index contributed by atoms with van der Waals surface area (Å²) < 4.78 is 38.5. The van der Waals surface area contributed by atoms with Crippen LogP contribution in [0, 0.1) is 6.92 Å². The summed E-state index contributed by atoms with van der Waals surface area (Å²) >= 11 is 0. The van der Waals surface area contributed by atoms with Gasteiger partial charge in [0.05, 0.1) is 17.7 Å². The molecule has 3 aromatic carbocycles. The lowest BCUT2D eigenvalue weighted by molar-refractivity contribution is -0.118. The van der Waals surface area contributed by atoms with Crippen molar-refractivity contribution in [2.75, 3.05) is 29.9 Å². The number of anilines is 2. The zero-order chi connectivity index (χ0) is 23.4. The van der Waals surface area contributed by atoms with Crippen LogP contribution >= 0.6 is 0 Å². The van der Waals surface area contributed by atoms with Gasteiger partial charge in [-0.2, -0.15) is 0 Å². The summed E-state index contributed by atoms with van der Waals surface area (Å²) in [4.78, 5) is 12.6. The van der Waals surface area contributed by atoms with Crippen LogP contribution in [-0.4, -0.2) is 34.6 Å². The summed E-state index contributed by atoms with van der Waals surface area (Å²) in [7, 11) is -2.07. The van der Waals surface area contributed by atoms with Crippen LogP contribution in [0.3, 0.4) is 0 Å². The predicted molar refractivity (Wildman–Crippen MR) is 128 cm³/mol. The van der Waals surface area contributed by atoms with Crippen LogP contribution in [0.1, 0.15) is 17.5 Å². The fourth-order valence-corrected chi connectivity index (χ4v) is 5.29. The standard InChI is InChI=1S/C25H26N2O5S/c1-18-5-12-23(13-6-18)33(29,30)27-15-3-4-19-16-20(7-14-24(19)27)26-25(28)17-32-22-10-8-21(31-2)9-11-22/h5-14,16H,3-4,15,17H2,1-2H3,(H,26,28). The predicted octanol–water partition coefficient (Wildman–Crippen LogP) is 4.16. The number of benzene rings is 3. The van der Waals surface area contributed by atoms with Crippen molar-refractivity contribution in [1.29, 1.82) is 0 Å². The lowest BCUT2D eigenvalue weighted by Crippen LogP contribution is -2.35. The number of rotatable bonds is 7. The van der Waals surface area contributed by atoms with Crippen molar-refractivity contribution in [2.24, 2.45) is 0 Å². The van der Waals surface area contributed by atoms with Crippen LogP contribution in [0.15, 0.2) is 71.6 Å². The molecule has 0 saturated carbocycles. The SMILES string of the molecule is COc1ccc(OCC(=O)Nc2ccc3c(c2)CCCN3S(=O)(=O)c2ccc(C)cc2)cc1. The molecule has 1 amide bonds. The number of nitrogens with zero attached hydrogens (tertiary/aromatic N) is 1. The van der Waals surface area contributed by atoms with E-state index in [1.807, 2.05) is 13.0 Å². The molecular formula is C25H26N2O5S. The average Bonchev–Trinajstić information content (AvgIpc) is 2.83. The third kappa shape index (κ3) is 5.12. The molecular weight excluding hydrogens is 440 g/mol. The van der Waals surface area contributed by atoms with Gasteiger partial charge in [-0.25, -0.2) is 8.42 Å². The highest BCUT2D eigenvalue weighted by Crippen LogP contribution is 2.34. The van der Waals surface area contributed by atoms with E-state index in [1.54, 1.807) is 67.8 Å². The molecule has 1 aliphatic heterocycles. The number of hydrogen-bond donors (Lipinski definition) is 1. The topological polar surface area (TPSA) is 84.9 Å². The number of ether oxygens (including phenoxy) is 2. The largest absolute Gasteiger partial charge is 0.497 e. The molecule has 1 aliphatic rings. The lowest BCUT2D eigenvalue weighted by Gasteiger charge is -2.31. The van der Waals surface area contributed by atoms with Crippen molar-refractivity contribution in [3.05, 3.63) is 77.9 Å². The molecule has 0 aromatic heterocycles. The molecule has 0 spiro atoms. The Morgan fingerprint density at radius 3 is 2.39 bits per heavy atom. The van der Waals surface area contributed by atoms with E-state index in [0.717, 1.165) is 17.5 Å². The molecule has 33 heavy (non-hydrogen) atoms. The van der Waals surface area contributed by atoms with Crippen molar-refractivity contribution in [2.45, 2.75) is 24.7 Å². The summed E-state index contributed by atoms with van der Waals surface area (Å²) in [6.07, 6.45) is 1.44. The zero-order valence-electron chi connectivity index (χ0n) is 18.6. The minimum Gasteiger partial charge on any atom is -0.497 e. The molecule has 0 bridgehead atoms. The van der Waals surface area contributed by atoms with Gasteiger partial charge in [-0.05, 0) is 79.9 Å². The second-order valence-electron chi connectivity index (χ2n) is 7.85. The van der Waals surface area contributed by atoms with E-state index < -0.39 is 10.0 Å². The molecule has 4 rings (SSSR count). The van der Waals surface area contributed by atoms with Gasteiger partial charge in [0.2, 0.25) is 0 Å². The molecule has 0 unspecified atom stereocenters. The highest BCUT2D eigenvalue weighted by Gasteiger charge is 2.29. The first-order valence-electron chi connectivity index (χ1n) is 10.7. The first-order chi connectivity index (χ1) is 15.9. The van der Waals surface area contributed by atoms with Crippen molar-refractivity contribution in [3.63, 3.8) is 0 Å². The van der Waals surface area contributed by atoms with Crippen LogP contribution in [0.5, 0.6) is 11.5 Å². The van der Waals surface area contributed by atoms with E-state index in [9.17, 15) is 13.2 Å². The molecule has 1 heterocycles. The molecule has 0 radical (unpaired) electrons. The molecule has 7 nitrogen and oxygen atoms in total. The van der Waals surface area contributed by atoms with Gasteiger partial charge < -0.3 is 14.8 Å². The number of methoxy groups -OCH3 is 1. The van der Waals surface area contributed by atoms with Gasteiger partial charge in [0.1, 0.15) is 11.5 Å². The van der Waals surface area contributed by atoms with Gasteiger partial charge in [-0.1, -0.05) is 17.7 Å². The Morgan fingerprint density at radius 2 is 1.70 bits per heavy atom. The minimum absolute atomic E-state index is 0.142. The van der Waals surface area contributed by atoms with E-state index in [4.69, 9.17) is 9.47 Å². The Kier molecular flexibility index (Phi) is 6.55. The van der Waals surface area contributed by atoms with E-state index >= 15 is 0 Å². The van der Waals surface area contributed by atoms with E-state index in [0.29, 0.717) is 35.8 Å². The van der Waals surface area contributed by atoms with Gasteiger partial charge in [-0.3, -0.25) is 9.10 Å². The second kappa shape index (κ2) is 9.54. The molecule has 0 saturated heterocycles. The van der Waals surface area contributed by atoms with Crippen molar-refractivity contribution in [3.8, 4) is 11.5 Å². The number of sulfonamides is 1. The maximum Gasteiger partial charge on any atom is 0.264 e. The van der Waals surface area contributed by atoms with Crippen molar-refractivity contribution in [1.82, 2.24) is 0 Å². The number of carbonyl (C=O) groups excluding carboxylic acids is 1. The van der Waals surface area contributed by atoms with Gasteiger partial charge in [0.15, 0.2) is 6.61 Å². The highest BCUT2D eigenvalue weighted by atomic mass is 32.2. The van der Waals surface area contributed by atoms with Gasteiger partial charge in [0, 0.05) is 12.2 Å². The first kappa shape index (κ1) is 22.7. The zero-order valence-corrected chi connectivity index (χ0v) is 19.4. The minimum atomic E-state index is -3.66. The summed E-state index contributed by atoms with van der Waals surface area (Å²) in [5.74, 6) is 0.971. The molecule has 0 aliphatic carbocycles. The maximum absolute atomic E-state index is 13.2. The average molecular weight is 467 g/mol. The number of fused-ring (bicyclic) bond motifs is 1. The fraction of sp³-hybridized carbons (Fsp3) is 0.240. The number of aryl methyl sites for hydroxylation is 2. The van der Waals surface area contributed by atoms with Gasteiger partial charge in [-0.15, -0.1) is 0 Å². The Balaban J connectivity index is 1.45. The van der Waals surface area contributed by atoms with Crippen LogP contribution in [-0.2, 0) is 21.2 Å². The van der Waals surface area contributed by atoms with E-state index in [2.05, 4.69) is 5.32 Å². The normalized spacial score (nSPS) is 13.2. The van der Waals surface area contributed by atoms with E-state index in [1.165, 1.54) is 4.31 Å². The van der Waals surface area contributed by atoms with Crippen LogP contribution in [0.25, 0.3) is 0 Å². The Morgan fingerprint density at radius 1 is 1.00 bits per heavy atom. The molecule has 0 atom stereocenters. The molecule has 172 valence electrons. The van der Waals surface area contributed by atoms with Gasteiger partial charge >= 0.3 is 0 Å². The number of nitrogens with one attached hydrogen (secondary N) is 1. The Bertz CT molecular complexity index is 1240. The highest BCUT2D eigenvalue weighted by molar-refractivity contribution is 7.92. The lowest BCUT2D eigenvalue weighted by atomic mass is 10.0. The summed E-state index contributed by atoms with van der Waals surface area (Å²) in [6.45, 7) is 2.20. The van der Waals surface area contributed by atoms with Crippen molar-refractivity contribution >= 4 is 27.3 Å². The monoisotopic (exact) mass is 466 g/mol. The van der Waals surface area contributed by atoms with Crippen LogP contribution in [0.4, 0.5) is 11.4 Å². The summed E-state index contributed by atoms with van der Waals surface area (Å²) in [6, 6.07) is 19.1. The van der Waals surface area contributed by atoms with Crippen LogP contribution < -0.4 is 19.1 Å². The van der Waals surface area contributed by atoms with E-state index in [-0.39, 0.29) is 17.4 Å². The third-order valence-electron chi connectivity index (χ3n) is 5.48. The molecule has 0 fully saturated rings. The molecule has 1 N–H and O–H groups in total.